The second-order valence-electron chi connectivity index (χ2n) is 3.53. The number of benzene rings is 1. The van der Waals surface area contributed by atoms with Crippen LogP contribution in [0.3, 0.4) is 0 Å². The van der Waals surface area contributed by atoms with E-state index in [1.165, 1.54) is 25.4 Å². The lowest BCUT2D eigenvalue weighted by Gasteiger charge is -2.10. The van der Waals surface area contributed by atoms with Gasteiger partial charge in [0.1, 0.15) is 11.6 Å². The summed E-state index contributed by atoms with van der Waals surface area (Å²) in [5.74, 6) is 0.187. The second-order valence-corrected chi connectivity index (χ2v) is 4.39. The van der Waals surface area contributed by atoms with E-state index in [1.54, 1.807) is 6.07 Å². The molecule has 5 nitrogen and oxygen atoms in total. The Morgan fingerprint density at radius 3 is 2.89 bits per heavy atom. The predicted molar refractivity (Wildman–Crippen MR) is 70.6 cm³/mol. The molecule has 1 aromatic carbocycles. The molecule has 7 heteroatoms. The Hall–Kier alpha value is -1.73. The third-order valence-electron chi connectivity index (χ3n) is 2.36. The van der Waals surface area contributed by atoms with Crippen molar-refractivity contribution in [1.29, 1.82) is 0 Å². The van der Waals surface area contributed by atoms with Crippen LogP contribution in [-0.2, 0) is 6.54 Å². The van der Waals surface area contributed by atoms with Gasteiger partial charge in [0.15, 0.2) is 0 Å². The lowest BCUT2D eigenvalue weighted by molar-refractivity contribution is 0.371. The molecule has 0 amide bonds. The molecule has 1 aromatic heterocycles. The molecule has 0 atom stereocenters. The second kappa shape index (κ2) is 5.94. The van der Waals surface area contributed by atoms with Gasteiger partial charge in [-0.1, -0.05) is 6.07 Å². The fraction of sp³-hybridized carbons (Fsp3) is 0.167. The largest absolute Gasteiger partial charge is 0.480 e. The standard InChI is InChI=1S/C12H11BrFN3O2/c1-18-11-8(13)6-16-12(17-11)19-10-4-2-3-9(14)7(10)5-15/h2-4,6H,5,15H2,1H3. The summed E-state index contributed by atoms with van der Waals surface area (Å²) in [6.07, 6.45) is 1.49. The van der Waals surface area contributed by atoms with Crippen molar-refractivity contribution in [3.8, 4) is 17.6 Å². The minimum atomic E-state index is -0.427. The van der Waals surface area contributed by atoms with Crippen molar-refractivity contribution < 1.29 is 13.9 Å². The molecule has 0 aliphatic heterocycles. The van der Waals surface area contributed by atoms with Gasteiger partial charge in [-0.05, 0) is 28.1 Å². The van der Waals surface area contributed by atoms with Crippen molar-refractivity contribution in [2.45, 2.75) is 6.54 Å². The zero-order valence-corrected chi connectivity index (χ0v) is 11.6. The molecule has 2 N–H and O–H groups in total. The Balaban J connectivity index is 2.33. The van der Waals surface area contributed by atoms with Gasteiger partial charge in [0, 0.05) is 12.1 Å². The highest BCUT2D eigenvalue weighted by Crippen LogP contribution is 2.28. The summed E-state index contributed by atoms with van der Waals surface area (Å²) in [6, 6.07) is 4.50. The number of halogens is 2. The van der Waals surface area contributed by atoms with Crippen LogP contribution >= 0.6 is 15.9 Å². The first kappa shape index (κ1) is 13.7. The highest BCUT2D eigenvalue weighted by atomic mass is 79.9. The topological polar surface area (TPSA) is 70.3 Å². The summed E-state index contributed by atoms with van der Waals surface area (Å²) in [5.41, 5.74) is 5.76. The van der Waals surface area contributed by atoms with Gasteiger partial charge in [0.2, 0.25) is 5.88 Å². The molecular formula is C12H11BrFN3O2. The Labute approximate surface area is 117 Å². The fourth-order valence-electron chi connectivity index (χ4n) is 1.46. The van der Waals surface area contributed by atoms with Gasteiger partial charge in [0.25, 0.3) is 0 Å². The number of hydrogen-bond donors (Lipinski definition) is 1. The predicted octanol–water partition coefficient (Wildman–Crippen LogP) is 2.64. The van der Waals surface area contributed by atoms with Gasteiger partial charge in [-0.3, -0.25) is 0 Å². The van der Waals surface area contributed by atoms with Crippen LogP contribution in [-0.4, -0.2) is 17.1 Å². The summed E-state index contributed by atoms with van der Waals surface area (Å²) in [4.78, 5) is 7.99. The number of aromatic nitrogens is 2. The fourth-order valence-corrected chi connectivity index (χ4v) is 1.81. The van der Waals surface area contributed by atoms with E-state index in [0.29, 0.717) is 10.4 Å². The number of nitrogens with zero attached hydrogens (tertiary/aromatic N) is 2. The van der Waals surface area contributed by atoms with Gasteiger partial charge in [-0.2, -0.15) is 4.98 Å². The molecule has 19 heavy (non-hydrogen) atoms. The van der Waals surface area contributed by atoms with Crippen LogP contribution in [0, 0.1) is 5.82 Å². The molecule has 0 aliphatic carbocycles. The summed E-state index contributed by atoms with van der Waals surface area (Å²) in [6.45, 7) is 0.0235. The van der Waals surface area contributed by atoms with Gasteiger partial charge >= 0.3 is 6.01 Å². The number of rotatable bonds is 4. The molecule has 0 radical (unpaired) electrons. The van der Waals surface area contributed by atoms with Crippen molar-refractivity contribution in [2.24, 2.45) is 5.73 Å². The maximum atomic E-state index is 13.5. The van der Waals surface area contributed by atoms with Gasteiger partial charge < -0.3 is 15.2 Å². The monoisotopic (exact) mass is 327 g/mol. The molecule has 0 aliphatic rings. The van der Waals surface area contributed by atoms with E-state index in [0.717, 1.165) is 0 Å². The first-order valence-corrected chi connectivity index (χ1v) is 6.17. The van der Waals surface area contributed by atoms with Crippen LogP contribution in [0.4, 0.5) is 4.39 Å². The maximum Gasteiger partial charge on any atom is 0.325 e. The van der Waals surface area contributed by atoms with Crippen molar-refractivity contribution >= 4 is 15.9 Å². The number of ether oxygens (including phenoxy) is 2. The van der Waals surface area contributed by atoms with Crippen LogP contribution in [0.1, 0.15) is 5.56 Å². The maximum absolute atomic E-state index is 13.5. The van der Waals surface area contributed by atoms with E-state index in [2.05, 4.69) is 25.9 Å². The van der Waals surface area contributed by atoms with E-state index in [-0.39, 0.29) is 23.9 Å². The molecular weight excluding hydrogens is 317 g/mol. The number of methoxy groups -OCH3 is 1. The molecule has 2 aromatic rings. The minimum Gasteiger partial charge on any atom is -0.480 e. The Morgan fingerprint density at radius 2 is 2.21 bits per heavy atom. The van der Waals surface area contributed by atoms with E-state index in [1.807, 2.05) is 0 Å². The van der Waals surface area contributed by atoms with Gasteiger partial charge in [-0.15, -0.1) is 0 Å². The Bertz CT molecular complexity index is 595. The average molecular weight is 328 g/mol. The summed E-state index contributed by atoms with van der Waals surface area (Å²) < 4.78 is 24.6. The van der Waals surface area contributed by atoms with Crippen LogP contribution in [0.25, 0.3) is 0 Å². The van der Waals surface area contributed by atoms with Crippen LogP contribution < -0.4 is 15.2 Å². The summed E-state index contributed by atoms with van der Waals surface area (Å²) in [7, 11) is 1.48. The number of hydrogen-bond acceptors (Lipinski definition) is 5. The first-order valence-electron chi connectivity index (χ1n) is 5.37. The van der Waals surface area contributed by atoms with Crippen molar-refractivity contribution in [1.82, 2.24) is 9.97 Å². The highest BCUT2D eigenvalue weighted by molar-refractivity contribution is 9.10. The van der Waals surface area contributed by atoms with Crippen LogP contribution in [0.5, 0.6) is 17.6 Å². The zero-order chi connectivity index (χ0) is 13.8. The number of nitrogens with two attached hydrogens (primary N) is 1. The summed E-state index contributed by atoms with van der Waals surface area (Å²) in [5, 5.41) is 0. The molecule has 1 heterocycles. The highest BCUT2D eigenvalue weighted by Gasteiger charge is 2.12. The quantitative estimate of drug-likeness (QED) is 0.934. The van der Waals surface area contributed by atoms with Gasteiger partial charge in [-0.25, -0.2) is 9.37 Å². The lowest BCUT2D eigenvalue weighted by atomic mass is 10.2. The normalized spacial score (nSPS) is 10.3. The molecule has 100 valence electrons. The lowest BCUT2D eigenvalue weighted by Crippen LogP contribution is -2.04. The van der Waals surface area contributed by atoms with Crippen LogP contribution in [0.2, 0.25) is 0 Å². The molecule has 0 unspecified atom stereocenters. The molecule has 0 saturated heterocycles. The minimum absolute atomic E-state index is 0.0235. The average Bonchev–Trinajstić information content (AvgIpc) is 2.41. The Kier molecular flexibility index (Phi) is 4.28. The smallest absolute Gasteiger partial charge is 0.325 e. The molecule has 0 saturated carbocycles. The van der Waals surface area contributed by atoms with E-state index < -0.39 is 5.82 Å². The molecule has 2 rings (SSSR count). The molecule has 0 bridgehead atoms. The SMILES string of the molecule is COc1nc(Oc2cccc(F)c2CN)ncc1Br. The molecule has 0 fully saturated rings. The Morgan fingerprint density at radius 1 is 1.42 bits per heavy atom. The first-order chi connectivity index (χ1) is 9.15. The van der Waals surface area contributed by atoms with Crippen molar-refractivity contribution in [2.75, 3.05) is 7.11 Å². The summed E-state index contributed by atoms with van der Waals surface area (Å²) >= 11 is 3.23. The third-order valence-corrected chi connectivity index (χ3v) is 2.91. The molecule has 0 spiro atoms. The van der Waals surface area contributed by atoms with E-state index >= 15 is 0 Å². The third kappa shape index (κ3) is 2.99. The van der Waals surface area contributed by atoms with Crippen molar-refractivity contribution in [3.05, 3.63) is 40.2 Å². The van der Waals surface area contributed by atoms with E-state index in [9.17, 15) is 4.39 Å². The van der Waals surface area contributed by atoms with E-state index in [4.69, 9.17) is 15.2 Å². The zero-order valence-electron chi connectivity index (χ0n) is 10.1. The van der Waals surface area contributed by atoms with Gasteiger partial charge in [0.05, 0.1) is 17.8 Å². The van der Waals surface area contributed by atoms with Crippen LogP contribution in [0.15, 0.2) is 28.9 Å². The van der Waals surface area contributed by atoms with Crippen molar-refractivity contribution in [3.63, 3.8) is 0 Å².